The van der Waals surface area contributed by atoms with E-state index >= 15 is 0 Å². The first kappa shape index (κ1) is 24.3. The highest BCUT2D eigenvalue weighted by Gasteiger charge is 2.21. The van der Waals surface area contributed by atoms with Crippen molar-refractivity contribution in [1.29, 1.82) is 5.26 Å². The van der Waals surface area contributed by atoms with E-state index in [0.717, 1.165) is 16.6 Å². The lowest BCUT2D eigenvalue weighted by Crippen LogP contribution is -2.42. The number of nitrogens with one attached hydrogen (secondary N) is 2. The Morgan fingerprint density at radius 3 is 2.62 bits per heavy atom. The van der Waals surface area contributed by atoms with Crippen LogP contribution in [0, 0.1) is 18.3 Å². The minimum absolute atomic E-state index is 0.0355. The van der Waals surface area contributed by atoms with Crippen molar-refractivity contribution in [2.75, 3.05) is 32.1 Å². The van der Waals surface area contributed by atoms with Crippen LogP contribution in [0.3, 0.4) is 0 Å². The van der Waals surface area contributed by atoms with Crippen LogP contribution in [0.1, 0.15) is 23.7 Å². The third-order valence-electron chi connectivity index (χ3n) is 5.25. The number of anilines is 1. The number of amides is 3. The van der Waals surface area contributed by atoms with Crippen molar-refractivity contribution in [3.05, 3.63) is 59.3 Å². The van der Waals surface area contributed by atoms with Gasteiger partial charge in [-0.15, -0.1) is 0 Å². The van der Waals surface area contributed by atoms with Crippen LogP contribution in [0.15, 0.2) is 42.5 Å². The van der Waals surface area contributed by atoms with E-state index in [1.54, 1.807) is 26.1 Å². The van der Waals surface area contributed by atoms with E-state index in [1.165, 1.54) is 12.0 Å². The van der Waals surface area contributed by atoms with Crippen molar-refractivity contribution in [2.45, 2.75) is 20.5 Å². The smallest absolute Gasteiger partial charge is 0.315 e. The van der Waals surface area contributed by atoms with Crippen LogP contribution in [0.25, 0.3) is 10.9 Å². The van der Waals surface area contributed by atoms with Crippen molar-refractivity contribution >= 4 is 28.5 Å². The van der Waals surface area contributed by atoms with Gasteiger partial charge in [-0.25, -0.2) is 9.78 Å². The number of hydrogen-bond acceptors (Lipinski definition) is 6. The first-order valence-corrected chi connectivity index (χ1v) is 10.8. The first-order chi connectivity index (χ1) is 16.4. The number of carbonyl (C=O) groups is 2. The number of fused-ring (bicyclic) bond motifs is 1. The Bertz CT molecular complexity index is 1250. The number of hydrogen-bond donors (Lipinski definition) is 2. The van der Waals surface area contributed by atoms with Gasteiger partial charge in [0.25, 0.3) is 0 Å². The highest BCUT2D eigenvalue weighted by atomic mass is 16.5. The summed E-state index contributed by atoms with van der Waals surface area (Å²) in [6.45, 7) is 3.95. The number of rotatable bonds is 8. The molecule has 3 aromatic rings. The number of urea groups is 1. The number of para-hydroxylation sites is 1. The third kappa shape index (κ3) is 5.35. The van der Waals surface area contributed by atoms with E-state index in [2.05, 4.69) is 21.7 Å². The number of nitriles is 1. The fourth-order valence-electron chi connectivity index (χ4n) is 3.47. The molecule has 0 aliphatic carbocycles. The summed E-state index contributed by atoms with van der Waals surface area (Å²) in [4.78, 5) is 30.2. The molecule has 9 nitrogen and oxygen atoms in total. The van der Waals surface area contributed by atoms with E-state index in [-0.39, 0.29) is 24.6 Å². The number of carbonyl (C=O) groups excluding carboxylic acids is 2. The minimum atomic E-state index is -0.437. The predicted octanol–water partition coefficient (Wildman–Crippen LogP) is 3.28. The minimum Gasteiger partial charge on any atom is -0.496 e. The van der Waals surface area contributed by atoms with Crippen LogP contribution in [-0.4, -0.2) is 44.2 Å². The number of pyridine rings is 1. The molecule has 2 aromatic carbocycles. The Morgan fingerprint density at radius 2 is 1.91 bits per heavy atom. The number of aromatic nitrogens is 1. The fraction of sp³-hybridized carbons (Fsp3) is 0.280. The molecule has 2 N–H and O–H groups in total. The number of likely N-dealkylation sites (N-methyl/N-ethyl adjacent to an activating group) is 1. The monoisotopic (exact) mass is 461 g/mol. The van der Waals surface area contributed by atoms with Gasteiger partial charge in [-0.05, 0) is 38.1 Å². The maximum atomic E-state index is 12.6. The molecule has 0 radical (unpaired) electrons. The van der Waals surface area contributed by atoms with Crippen molar-refractivity contribution in [3.8, 4) is 17.6 Å². The largest absolute Gasteiger partial charge is 0.496 e. The van der Waals surface area contributed by atoms with Gasteiger partial charge in [-0.1, -0.05) is 18.2 Å². The number of methoxy groups -OCH3 is 1. The van der Waals surface area contributed by atoms with Crippen LogP contribution in [0.5, 0.6) is 11.5 Å². The van der Waals surface area contributed by atoms with E-state index in [9.17, 15) is 14.9 Å². The summed E-state index contributed by atoms with van der Waals surface area (Å²) in [5.41, 5.74) is 2.72. The summed E-state index contributed by atoms with van der Waals surface area (Å²) < 4.78 is 11.6. The normalized spacial score (nSPS) is 10.3. The second-order valence-corrected chi connectivity index (χ2v) is 7.49. The van der Waals surface area contributed by atoms with Crippen molar-refractivity contribution in [2.24, 2.45) is 0 Å². The Balaban J connectivity index is 1.89. The molecule has 1 aromatic heterocycles. The lowest BCUT2D eigenvalue weighted by atomic mass is 10.0. The molecule has 3 amide bonds. The first-order valence-electron chi connectivity index (χ1n) is 10.8. The second kappa shape index (κ2) is 11.0. The predicted molar refractivity (Wildman–Crippen MR) is 129 cm³/mol. The molecule has 0 aliphatic rings. The number of aryl methyl sites for hydroxylation is 1. The Labute approximate surface area is 198 Å². The Hall–Kier alpha value is -4.32. The van der Waals surface area contributed by atoms with Crippen LogP contribution >= 0.6 is 0 Å². The molecule has 176 valence electrons. The van der Waals surface area contributed by atoms with E-state index < -0.39 is 6.03 Å². The van der Waals surface area contributed by atoms with Crippen LogP contribution in [0.4, 0.5) is 10.5 Å². The lowest BCUT2D eigenvalue weighted by molar-refractivity contribution is -0.117. The number of benzene rings is 2. The zero-order chi connectivity index (χ0) is 24.7. The molecule has 0 bridgehead atoms. The van der Waals surface area contributed by atoms with Crippen molar-refractivity contribution in [3.63, 3.8) is 0 Å². The van der Waals surface area contributed by atoms with Gasteiger partial charge in [0.15, 0.2) is 0 Å². The van der Waals surface area contributed by atoms with Gasteiger partial charge in [0.05, 0.1) is 30.5 Å². The van der Waals surface area contributed by atoms with E-state index in [0.29, 0.717) is 29.3 Å². The molecule has 0 fully saturated rings. The molecule has 34 heavy (non-hydrogen) atoms. The second-order valence-electron chi connectivity index (χ2n) is 7.49. The third-order valence-corrected chi connectivity index (χ3v) is 5.25. The summed E-state index contributed by atoms with van der Waals surface area (Å²) in [6.07, 6.45) is 0. The number of nitrogens with zero attached hydrogens (tertiary/aromatic N) is 3. The fourth-order valence-corrected chi connectivity index (χ4v) is 3.47. The molecule has 0 saturated heterocycles. The SMILES string of the molecule is CCNC(=O)NCC(=O)N(C)c1ccc(OC)c(COc2cccc3ccc(C)nc23)c1C#N. The summed E-state index contributed by atoms with van der Waals surface area (Å²) in [7, 11) is 3.06. The van der Waals surface area contributed by atoms with Crippen molar-refractivity contribution < 1.29 is 19.1 Å². The molecule has 1 heterocycles. The van der Waals surface area contributed by atoms with E-state index in [4.69, 9.17) is 9.47 Å². The molecular formula is C25H27N5O4. The van der Waals surface area contributed by atoms with E-state index in [1.807, 2.05) is 37.3 Å². The average molecular weight is 462 g/mol. The van der Waals surface area contributed by atoms with Gasteiger partial charge < -0.3 is 25.0 Å². The molecule has 0 saturated carbocycles. The summed E-state index contributed by atoms with van der Waals surface area (Å²) in [6, 6.07) is 14.6. The molecule has 3 rings (SSSR count). The maximum Gasteiger partial charge on any atom is 0.315 e. The molecule has 0 atom stereocenters. The Kier molecular flexibility index (Phi) is 7.88. The standard InChI is InChI=1S/C25H27N5O4/c1-5-27-25(32)28-14-23(31)30(3)20-11-12-21(33-4)19(18(20)13-26)15-34-22-8-6-7-17-10-9-16(2)29-24(17)22/h6-12H,5,14-15H2,1-4H3,(H2,27,28,32). The van der Waals surface area contributed by atoms with Gasteiger partial charge in [0.1, 0.15) is 29.7 Å². The van der Waals surface area contributed by atoms with Gasteiger partial charge in [-0.2, -0.15) is 5.26 Å². The molecule has 0 spiro atoms. The number of ether oxygens (including phenoxy) is 2. The zero-order valence-corrected chi connectivity index (χ0v) is 19.6. The molecule has 0 aliphatic heterocycles. The molecule has 0 unspecified atom stereocenters. The highest BCUT2D eigenvalue weighted by Crippen LogP contribution is 2.32. The van der Waals surface area contributed by atoms with Gasteiger partial charge in [0, 0.05) is 24.7 Å². The zero-order valence-electron chi connectivity index (χ0n) is 19.6. The summed E-state index contributed by atoms with van der Waals surface area (Å²) >= 11 is 0. The average Bonchev–Trinajstić information content (AvgIpc) is 2.85. The van der Waals surface area contributed by atoms with Crippen LogP contribution in [-0.2, 0) is 11.4 Å². The topological polar surface area (TPSA) is 117 Å². The lowest BCUT2D eigenvalue weighted by Gasteiger charge is -2.22. The van der Waals surface area contributed by atoms with Crippen LogP contribution < -0.4 is 25.0 Å². The van der Waals surface area contributed by atoms with Crippen molar-refractivity contribution in [1.82, 2.24) is 15.6 Å². The van der Waals surface area contributed by atoms with Crippen LogP contribution in [0.2, 0.25) is 0 Å². The van der Waals surface area contributed by atoms with Gasteiger partial charge in [0.2, 0.25) is 5.91 Å². The molecular weight excluding hydrogens is 434 g/mol. The quantitative estimate of drug-likeness (QED) is 0.532. The summed E-state index contributed by atoms with van der Waals surface area (Å²) in [5.74, 6) is 0.660. The summed E-state index contributed by atoms with van der Waals surface area (Å²) in [5, 5.41) is 16.0. The van der Waals surface area contributed by atoms with Gasteiger partial charge >= 0.3 is 6.03 Å². The molecule has 9 heteroatoms. The highest BCUT2D eigenvalue weighted by molar-refractivity contribution is 5.97. The van der Waals surface area contributed by atoms with Gasteiger partial charge in [-0.3, -0.25) is 4.79 Å². The maximum absolute atomic E-state index is 12.6. The Morgan fingerprint density at radius 1 is 1.12 bits per heavy atom.